The van der Waals surface area contributed by atoms with Crippen molar-refractivity contribution in [2.75, 3.05) is 6.54 Å². The third-order valence-corrected chi connectivity index (χ3v) is 4.65. The summed E-state index contributed by atoms with van der Waals surface area (Å²) in [5.74, 6) is 0. The van der Waals surface area contributed by atoms with Crippen LogP contribution in [0.1, 0.15) is 31.1 Å². The Morgan fingerprint density at radius 3 is 3.00 bits per heavy atom. The molecule has 2 rings (SSSR count). The van der Waals surface area contributed by atoms with Crippen molar-refractivity contribution in [1.82, 2.24) is 15.3 Å². The Balaban J connectivity index is 2.22. The van der Waals surface area contributed by atoms with E-state index in [4.69, 9.17) is 0 Å². The van der Waals surface area contributed by atoms with Gasteiger partial charge >= 0.3 is 0 Å². The molecule has 0 bridgehead atoms. The second kappa shape index (κ2) is 6.31. The van der Waals surface area contributed by atoms with Gasteiger partial charge in [0.05, 0.1) is 0 Å². The summed E-state index contributed by atoms with van der Waals surface area (Å²) in [6, 6.07) is 4.43. The standard InChI is InChI=1S/C13H17N3S2/c1-4-14-10(3)11-6-5-7-15-12(11)18-13-16-9(2)8-17-13/h5-8,10,14H,4H2,1-3H3. The molecular weight excluding hydrogens is 262 g/mol. The molecule has 1 atom stereocenters. The molecule has 0 aromatic carbocycles. The Hall–Kier alpha value is -0.910. The highest BCUT2D eigenvalue weighted by atomic mass is 32.2. The van der Waals surface area contributed by atoms with Crippen LogP contribution in [0.3, 0.4) is 0 Å². The van der Waals surface area contributed by atoms with Crippen LogP contribution in [0.5, 0.6) is 0 Å². The molecule has 0 aliphatic carbocycles. The van der Waals surface area contributed by atoms with Crippen molar-refractivity contribution in [1.29, 1.82) is 0 Å². The highest BCUT2D eigenvalue weighted by molar-refractivity contribution is 8.01. The van der Waals surface area contributed by atoms with E-state index in [1.54, 1.807) is 23.1 Å². The van der Waals surface area contributed by atoms with E-state index in [-0.39, 0.29) is 0 Å². The van der Waals surface area contributed by atoms with Gasteiger partial charge in [-0.1, -0.05) is 13.0 Å². The molecule has 0 aliphatic heterocycles. The number of rotatable bonds is 5. The molecule has 2 aromatic rings. The molecule has 2 heterocycles. The number of hydrogen-bond acceptors (Lipinski definition) is 5. The molecule has 0 amide bonds. The van der Waals surface area contributed by atoms with Crippen molar-refractivity contribution < 1.29 is 0 Å². The average molecular weight is 279 g/mol. The normalized spacial score (nSPS) is 12.6. The van der Waals surface area contributed by atoms with Gasteiger partial charge in [0.1, 0.15) is 5.03 Å². The van der Waals surface area contributed by atoms with Crippen LogP contribution in [0.2, 0.25) is 0 Å². The lowest BCUT2D eigenvalue weighted by Crippen LogP contribution is -2.18. The van der Waals surface area contributed by atoms with E-state index in [1.165, 1.54) is 5.56 Å². The fraction of sp³-hybridized carbons (Fsp3) is 0.385. The maximum atomic E-state index is 4.48. The topological polar surface area (TPSA) is 37.8 Å². The predicted octanol–water partition coefficient (Wildman–Crippen LogP) is 3.67. The molecule has 0 radical (unpaired) electrons. The Morgan fingerprint density at radius 2 is 2.33 bits per heavy atom. The lowest BCUT2D eigenvalue weighted by molar-refractivity contribution is 0.585. The van der Waals surface area contributed by atoms with Crippen LogP contribution in [-0.4, -0.2) is 16.5 Å². The van der Waals surface area contributed by atoms with E-state index in [0.717, 1.165) is 21.6 Å². The second-order valence-electron chi connectivity index (χ2n) is 4.03. The molecule has 2 aromatic heterocycles. The molecule has 0 spiro atoms. The number of aromatic nitrogens is 2. The highest BCUT2D eigenvalue weighted by Gasteiger charge is 2.12. The minimum atomic E-state index is 0.312. The quantitative estimate of drug-likeness (QED) is 0.906. The summed E-state index contributed by atoms with van der Waals surface area (Å²) < 4.78 is 1.05. The number of hydrogen-bond donors (Lipinski definition) is 1. The first-order valence-electron chi connectivity index (χ1n) is 5.99. The largest absolute Gasteiger partial charge is 0.310 e. The van der Waals surface area contributed by atoms with E-state index < -0.39 is 0 Å². The van der Waals surface area contributed by atoms with Gasteiger partial charge in [0, 0.05) is 28.9 Å². The lowest BCUT2D eigenvalue weighted by atomic mass is 10.1. The fourth-order valence-electron chi connectivity index (χ4n) is 1.70. The van der Waals surface area contributed by atoms with E-state index in [9.17, 15) is 0 Å². The first kappa shape index (κ1) is 13.5. The zero-order chi connectivity index (χ0) is 13.0. The van der Waals surface area contributed by atoms with Crippen LogP contribution in [0.25, 0.3) is 0 Å². The third-order valence-electron chi connectivity index (χ3n) is 2.56. The smallest absolute Gasteiger partial charge is 0.156 e. The molecule has 0 saturated heterocycles. The van der Waals surface area contributed by atoms with Crippen LogP contribution in [0.4, 0.5) is 0 Å². The summed E-state index contributed by atoms with van der Waals surface area (Å²) >= 11 is 3.32. The SMILES string of the molecule is CCNC(C)c1cccnc1Sc1nc(C)cs1. The van der Waals surface area contributed by atoms with Crippen LogP contribution < -0.4 is 5.32 Å². The van der Waals surface area contributed by atoms with Crippen molar-refractivity contribution in [3.8, 4) is 0 Å². The number of thiazole rings is 1. The summed E-state index contributed by atoms with van der Waals surface area (Å²) in [6.45, 7) is 7.25. The minimum absolute atomic E-state index is 0.312. The Morgan fingerprint density at radius 1 is 1.50 bits per heavy atom. The fourth-order valence-corrected chi connectivity index (χ4v) is 3.62. The summed E-state index contributed by atoms with van der Waals surface area (Å²) in [6.07, 6.45) is 1.84. The van der Waals surface area contributed by atoms with E-state index in [1.807, 2.05) is 19.2 Å². The molecule has 1 N–H and O–H groups in total. The molecule has 5 heteroatoms. The summed E-state index contributed by atoms with van der Waals surface area (Å²) in [5.41, 5.74) is 2.30. The summed E-state index contributed by atoms with van der Waals surface area (Å²) in [7, 11) is 0. The molecule has 0 fully saturated rings. The van der Waals surface area contributed by atoms with Gasteiger partial charge in [-0.2, -0.15) is 0 Å². The first-order chi connectivity index (χ1) is 8.70. The highest BCUT2D eigenvalue weighted by Crippen LogP contribution is 2.33. The molecule has 3 nitrogen and oxygen atoms in total. The lowest BCUT2D eigenvalue weighted by Gasteiger charge is -2.15. The maximum absolute atomic E-state index is 4.48. The Kier molecular flexibility index (Phi) is 4.74. The first-order valence-corrected chi connectivity index (χ1v) is 7.68. The summed E-state index contributed by atoms with van der Waals surface area (Å²) in [4.78, 5) is 8.95. The molecule has 96 valence electrons. The number of nitrogens with zero attached hydrogens (tertiary/aromatic N) is 2. The van der Waals surface area contributed by atoms with Gasteiger partial charge in [0.15, 0.2) is 4.34 Å². The molecular formula is C13H17N3S2. The zero-order valence-electron chi connectivity index (χ0n) is 10.8. The van der Waals surface area contributed by atoms with Gasteiger partial charge in [-0.25, -0.2) is 9.97 Å². The van der Waals surface area contributed by atoms with Crippen molar-refractivity contribution in [3.05, 3.63) is 35.0 Å². The third kappa shape index (κ3) is 3.31. The predicted molar refractivity (Wildman–Crippen MR) is 77.3 cm³/mol. The Bertz CT molecular complexity index is 510. The van der Waals surface area contributed by atoms with Crippen LogP contribution in [0.15, 0.2) is 33.1 Å². The van der Waals surface area contributed by atoms with Crippen LogP contribution >= 0.6 is 23.1 Å². The van der Waals surface area contributed by atoms with Crippen molar-refractivity contribution in [2.24, 2.45) is 0 Å². The van der Waals surface area contributed by atoms with Gasteiger partial charge in [-0.05, 0) is 38.2 Å². The van der Waals surface area contributed by atoms with Crippen molar-refractivity contribution in [3.63, 3.8) is 0 Å². The monoisotopic (exact) mass is 279 g/mol. The molecule has 18 heavy (non-hydrogen) atoms. The summed E-state index contributed by atoms with van der Waals surface area (Å²) in [5, 5.41) is 6.53. The van der Waals surface area contributed by atoms with Gasteiger partial charge in [-0.3, -0.25) is 0 Å². The van der Waals surface area contributed by atoms with E-state index in [0.29, 0.717) is 6.04 Å². The molecule has 0 saturated carbocycles. The van der Waals surface area contributed by atoms with E-state index in [2.05, 4.69) is 40.6 Å². The minimum Gasteiger partial charge on any atom is -0.310 e. The maximum Gasteiger partial charge on any atom is 0.156 e. The zero-order valence-corrected chi connectivity index (χ0v) is 12.4. The molecule has 1 unspecified atom stereocenters. The van der Waals surface area contributed by atoms with Gasteiger partial charge < -0.3 is 5.32 Å². The van der Waals surface area contributed by atoms with E-state index >= 15 is 0 Å². The Labute approximate surface area is 116 Å². The number of aryl methyl sites for hydroxylation is 1. The molecule has 0 aliphatic rings. The average Bonchev–Trinajstić information content (AvgIpc) is 2.76. The van der Waals surface area contributed by atoms with Gasteiger partial charge in [-0.15, -0.1) is 11.3 Å². The van der Waals surface area contributed by atoms with Gasteiger partial charge in [0.2, 0.25) is 0 Å². The van der Waals surface area contributed by atoms with Crippen LogP contribution in [-0.2, 0) is 0 Å². The second-order valence-corrected chi connectivity index (χ2v) is 6.13. The number of pyridine rings is 1. The van der Waals surface area contributed by atoms with Crippen LogP contribution in [0, 0.1) is 6.92 Å². The number of nitrogens with one attached hydrogen (secondary N) is 1. The van der Waals surface area contributed by atoms with Crippen molar-refractivity contribution >= 4 is 23.1 Å². The van der Waals surface area contributed by atoms with Gasteiger partial charge in [0.25, 0.3) is 0 Å². The van der Waals surface area contributed by atoms with Crippen molar-refractivity contribution in [2.45, 2.75) is 36.2 Å².